The van der Waals surface area contributed by atoms with Crippen LogP contribution in [0.25, 0.3) is 253 Å². The van der Waals surface area contributed by atoms with E-state index in [0.29, 0.717) is 0 Å². The van der Waals surface area contributed by atoms with E-state index in [-0.39, 0.29) is 0 Å². The maximum atomic E-state index is 5.52. The minimum atomic E-state index is 0.843. The highest BCUT2D eigenvalue weighted by Gasteiger charge is 2.27. The van der Waals surface area contributed by atoms with Gasteiger partial charge in [0, 0.05) is 76.4 Å². The summed E-state index contributed by atoms with van der Waals surface area (Å²) in [6.45, 7) is 0. The Hall–Kier alpha value is -17.2. The standard InChI is InChI=1S/C64H40N4.C56H34N4/c1-3-18-41(19-4-1)45-36-46(42-20-5-2-6-21-42)38-47(37-45)63-64(66-55-29-14-13-28-54(55)65-63)52-34-35-58(49-25-10-9-24-48(49)52)68-60-33-17-32-59(62(60)53-39-43-22-7-8-23-44(43)40-61(53)68)67-56-30-15-11-26-50(56)51-27-12-16-31-57(51)67;1-2-15-37-34-53-46(33-36(37)14-1)54-51(25-12-26-52(54)60-49-23-9-5-18-43(49)44-19-6-10-24-50(44)60)59(53)41-30-29-38-31-40(28-27-39(38)32-41)55-56(58-48-22-8-7-21-47(48)57-55)45-20-11-16-35-13-3-4-17-42(35)45/h1-40H;1-34H. The van der Waals surface area contributed by atoms with Crippen LogP contribution in [0.15, 0.2) is 449 Å². The van der Waals surface area contributed by atoms with Gasteiger partial charge in [-0.25, -0.2) is 19.9 Å². The molecule has 0 spiro atoms. The van der Waals surface area contributed by atoms with Crippen LogP contribution in [0.2, 0.25) is 0 Å². The summed E-state index contributed by atoms with van der Waals surface area (Å²) in [5, 5.41) is 21.6. The molecule has 27 rings (SSSR count). The highest BCUT2D eigenvalue weighted by molar-refractivity contribution is 6.22. The van der Waals surface area contributed by atoms with E-state index in [1.165, 1.54) is 109 Å². The minimum absolute atomic E-state index is 0.843. The molecule has 6 heterocycles. The molecular weight excluding hydrogens is 1550 g/mol. The van der Waals surface area contributed by atoms with Gasteiger partial charge in [-0.05, 0) is 216 Å². The first-order chi connectivity index (χ1) is 63.5. The van der Waals surface area contributed by atoms with Gasteiger partial charge >= 0.3 is 0 Å². The average molecular weight is 1630 g/mol. The molecule has 6 aromatic heterocycles. The zero-order valence-corrected chi connectivity index (χ0v) is 69.3. The van der Waals surface area contributed by atoms with E-state index < -0.39 is 0 Å². The predicted octanol–water partition coefficient (Wildman–Crippen LogP) is 31.4. The van der Waals surface area contributed by atoms with Crippen LogP contribution in [0, 0.1) is 0 Å². The van der Waals surface area contributed by atoms with Crippen LogP contribution in [0.5, 0.6) is 0 Å². The summed E-state index contributed by atoms with van der Waals surface area (Å²) in [5.74, 6) is 0. The zero-order chi connectivity index (χ0) is 84.0. The first-order valence-electron chi connectivity index (χ1n) is 43.7. The van der Waals surface area contributed by atoms with Gasteiger partial charge in [0.2, 0.25) is 0 Å². The molecule has 21 aromatic carbocycles. The minimum Gasteiger partial charge on any atom is -0.309 e. The van der Waals surface area contributed by atoms with Crippen LogP contribution in [0.3, 0.4) is 0 Å². The number of benzene rings is 21. The third kappa shape index (κ3) is 11.6. The number of fused-ring (bicyclic) bond motifs is 19. The van der Waals surface area contributed by atoms with E-state index in [4.69, 9.17) is 19.9 Å². The molecule has 8 heteroatoms. The topological polar surface area (TPSA) is 71.3 Å². The van der Waals surface area contributed by atoms with Crippen molar-refractivity contribution in [1.82, 2.24) is 38.2 Å². The lowest BCUT2D eigenvalue weighted by Crippen LogP contribution is -2.00. The van der Waals surface area contributed by atoms with Crippen molar-refractivity contribution in [3.05, 3.63) is 449 Å². The molecule has 0 atom stereocenters. The number of nitrogens with zero attached hydrogens (tertiary/aromatic N) is 8. The van der Waals surface area contributed by atoms with Gasteiger partial charge in [0.05, 0.1) is 106 Å². The van der Waals surface area contributed by atoms with E-state index in [2.05, 4.69) is 431 Å². The summed E-state index contributed by atoms with van der Waals surface area (Å²) in [6, 6.07) is 162. The summed E-state index contributed by atoms with van der Waals surface area (Å²) >= 11 is 0. The fraction of sp³-hybridized carbons (Fsp3) is 0. The highest BCUT2D eigenvalue weighted by Crippen LogP contribution is 2.48. The average Bonchev–Trinajstić information content (AvgIpc) is 1.55. The number of aromatic nitrogens is 8. The summed E-state index contributed by atoms with van der Waals surface area (Å²) < 4.78 is 9.86. The lowest BCUT2D eigenvalue weighted by atomic mass is 9.92. The van der Waals surface area contributed by atoms with E-state index >= 15 is 0 Å². The van der Waals surface area contributed by atoms with Gasteiger partial charge in [0.15, 0.2) is 0 Å². The molecule has 0 radical (unpaired) electrons. The summed E-state index contributed by atoms with van der Waals surface area (Å²) in [7, 11) is 0. The van der Waals surface area contributed by atoms with E-state index in [0.717, 1.165) is 144 Å². The van der Waals surface area contributed by atoms with Crippen molar-refractivity contribution in [3.63, 3.8) is 0 Å². The second-order valence-electron chi connectivity index (χ2n) is 33.5. The van der Waals surface area contributed by atoms with E-state index in [1.807, 2.05) is 36.4 Å². The molecule has 0 bridgehead atoms. The highest BCUT2D eigenvalue weighted by atomic mass is 15.0. The Bertz CT molecular complexity index is 9120. The Morgan fingerprint density at radius 3 is 1.02 bits per heavy atom. The van der Waals surface area contributed by atoms with Gasteiger partial charge < -0.3 is 18.3 Å². The molecule has 0 unspecified atom stereocenters. The lowest BCUT2D eigenvalue weighted by Gasteiger charge is -2.18. The van der Waals surface area contributed by atoms with Crippen LogP contribution in [-0.2, 0) is 0 Å². The quantitative estimate of drug-likeness (QED) is 0.137. The first-order valence-corrected chi connectivity index (χ1v) is 43.7. The van der Waals surface area contributed by atoms with Crippen LogP contribution in [-0.4, -0.2) is 38.2 Å². The lowest BCUT2D eigenvalue weighted by molar-refractivity contribution is 1.17. The van der Waals surface area contributed by atoms with Crippen LogP contribution in [0.4, 0.5) is 0 Å². The Morgan fingerprint density at radius 2 is 0.500 bits per heavy atom. The third-order valence-electron chi connectivity index (χ3n) is 26.3. The molecule has 8 nitrogen and oxygen atoms in total. The van der Waals surface area contributed by atoms with E-state index in [9.17, 15) is 0 Å². The van der Waals surface area contributed by atoms with Crippen molar-refractivity contribution in [3.8, 4) is 90.0 Å². The first kappa shape index (κ1) is 72.4. The molecule has 0 amide bonds. The van der Waals surface area contributed by atoms with Crippen LogP contribution < -0.4 is 0 Å². The SMILES string of the molecule is c1ccc(-c2cc(-c3ccccc3)cc(-c3nc4ccccc4nc3-c3ccc(-n4c5cc6ccccc6cc5c5c(-n6c7ccccc7c7ccccc76)cccc54)c4ccccc34)c2)cc1.c1ccc2cc3c(cc2c1)c1c(-n2c4ccccc4c4ccccc42)cccc1n3-c1ccc2cc(-c3nc4ccccc4nc3-c3cccc4ccccc34)ccc2c1. The molecule has 0 N–H and O–H groups in total. The smallest absolute Gasteiger partial charge is 0.0979 e. The number of hydrogen-bond donors (Lipinski definition) is 0. The Labute approximate surface area is 735 Å². The molecule has 0 aliphatic rings. The summed E-state index contributed by atoms with van der Waals surface area (Å²) in [5.41, 5.74) is 29.6. The number of hydrogen-bond acceptors (Lipinski definition) is 4. The fourth-order valence-electron chi connectivity index (χ4n) is 20.5. The molecule has 27 aromatic rings. The Morgan fingerprint density at radius 1 is 0.148 bits per heavy atom. The number of rotatable bonds is 10. The monoisotopic (exact) mass is 1630 g/mol. The van der Waals surface area contributed by atoms with Crippen LogP contribution in [0.1, 0.15) is 0 Å². The second-order valence-corrected chi connectivity index (χ2v) is 33.5. The second kappa shape index (κ2) is 29.2. The van der Waals surface area contributed by atoms with Crippen molar-refractivity contribution in [1.29, 1.82) is 0 Å². The molecular formula is C120H74N8. The van der Waals surface area contributed by atoms with Crippen LogP contribution >= 0.6 is 0 Å². The van der Waals surface area contributed by atoms with Crippen molar-refractivity contribution < 1.29 is 0 Å². The molecule has 0 saturated heterocycles. The van der Waals surface area contributed by atoms with Gasteiger partial charge in [-0.1, -0.05) is 303 Å². The van der Waals surface area contributed by atoms with Gasteiger partial charge in [-0.3, -0.25) is 0 Å². The molecule has 0 saturated carbocycles. The van der Waals surface area contributed by atoms with E-state index in [1.54, 1.807) is 0 Å². The van der Waals surface area contributed by atoms with Gasteiger partial charge in [0.1, 0.15) is 0 Å². The largest absolute Gasteiger partial charge is 0.309 e. The van der Waals surface area contributed by atoms with Gasteiger partial charge in [-0.2, -0.15) is 0 Å². The normalized spacial score (nSPS) is 11.9. The van der Waals surface area contributed by atoms with Crippen molar-refractivity contribution in [2.75, 3.05) is 0 Å². The Balaban J connectivity index is 0.000000136. The Kier molecular flexibility index (Phi) is 16.6. The van der Waals surface area contributed by atoms with Gasteiger partial charge in [0.25, 0.3) is 0 Å². The molecule has 0 fully saturated rings. The van der Waals surface area contributed by atoms with Crippen molar-refractivity contribution in [2.24, 2.45) is 0 Å². The predicted molar refractivity (Wildman–Crippen MR) is 537 cm³/mol. The number of para-hydroxylation sites is 8. The summed E-state index contributed by atoms with van der Waals surface area (Å²) in [4.78, 5) is 21.6. The fourth-order valence-corrected chi connectivity index (χ4v) is 20.5. The summed E-state index contributed by atoms with van der Waals surface area (Å²) in [6.07, 6.45) is 0. The van der Waals surface area contributed by atoms with Crippen molar-refractivity contribution in [2.45, 2.75) is 0 Å². The molecule has 0 aliphatic heterocycles. The zero-order valence-electron chi connectivity index (χ0n) is 69.3. The third-order valence-corrected chi connectivity index (χ3v) is 26.3. The van der Waals surface area contributed by atoms with Crippen molar-refractivity contribution >= 4 is 163 Å². The maximum absolute atomic E-state index is 5.52. The molecule has 594 valence electrons. The van der Waals surface area contributed by atoms with Gasteiger partial charge in [-0.15, -0.1) is 0 Å². The molecule has 128 heavy (non-hydrogen) atoms. The maximum Gasteiger partial charge on any atom is 0.0979 e. The molecule has 0 aliphatic carbocycles.